The second kappa shape index (κ2) is 8.65. The fourth-order valence-corrected chi connectivity index (χ4v) is 2.58. The average Bonchev–Trinajstić information content (AvgIpc) is 2.72. The number of hydrogen-bond acceptors (Lipinski definition) is 3. The maximum Gasteiger partial charge on any atom is 0.335 e. The van der Waals surface area contributed by atoms with E-state index in [-0.39, 0.29) is 18.0 Å². The maximum atomic E-state index is 13.6. The first-order chi connectivity index (χ1) is 13.6. The van der Waals surface area contributed by atoms with E-state index in [1.54, 1.807) is 60.7 Å². The van der Waals surface area contributed by atoms with Gasteiger partial charge in [0.15, 0.2) is 0 Å². The Morgan fingerprint density at radius 2 is 1.64 bits per heavy atom. The maximum absolute atomic E-state index is 13.6. The molecule has 0 fully saturated rings. The average molecular weight is 373 g/mol. The smallest absolute Gasteiger partial charge is 0.335 e. The van der Waals surface area contributed by atoms with Gasteiger partial charge in [-0.1, -0.05) is 42.5 Å². The van der Waals surface area contributed by atoms with Gasteiger partial charge in [0, 0.05) is 5.56 Å². The number of hydrogen-bond donors (Lipinski definition) is 1. The Morgan fingerprint density at radius 3 is 2.25 bits per heavy atom. The molecule has 0 amide bonds. The lowest BCUT2D eigenvalue weighted by atomic mass is 10.0. The third-order valence-electron chi connectivity index (χ3n) is 4.11. The van der Waals surface area contributed by atoms with Crippen molar-refractivity contribution in [2.75, 3.05) is 0 Å². The van der Waals surface area contributed by atoms with Crippen molar-refractivity contribution >= 4 is 17.6 Å². The molecule has 3 aromatic rings. The highest BCUT2D eigenvalue weighted by Crippen LogP contribution is 2.21. The van der Waals surface area contributed by atoms with Gasteiger partial charge in [0.1, 0.15) is 18.2 Å². The summed E-state index contributed by atoms with van der Waals surface area (Å²) in [6.07, 6.45) is 1.70. The fourth-order valence-electron chi connectivity index (χ4n) is 2.58. The van der Waals surface area contributed by atoms with Crippen molar-refractivity contribution < 1.29 is 19.0 Å². The van der Waals surface area contributed by atoms with Crippen LogP contribution in [0.5, 0.6) is 5.75 Å². The molecule has 4 nitrogen and oxygen atoms in total. The third-order valence-corrected chi connectivity index (χ3v) is 4.11. The summed E-state index contributed by atoms with van der Waals surface area (Å²) >= 11 is 0. The van der Waals surface area contributed by atoms with E-state index in [0.717, 1.165) is 5.56 Å². The number of halogens is 1. The van der Waals surface area contributed by atoms with Crippen LogP contribution >= 0.6 is 0 Å². The normalized spacial score (nSPS) is 10.9. The molecule has 0 aromatic heterocycles. The first-order valence-corrected chi connectivity index (χ1v) is 8.48. The van der Waals surface area contributed by atoms with Crippen LogP contribution < -0.4 is 4.74 Å². The zero-order valence-corrected chi connectivity index (χ0v) is 14.8. The lowest BCUT2D eigenvalue weighted by Gasteiger charge is -2.07. The van der Waals surface area contributed by atoms with Gasteiger partial charge in [0.05, 0.1) is 17.2 Å². The topological polar surface area (TPSA) is 70.3 Å². The van der Waals surface area contributed by atoms with Gasteiger partial charge in [-0.2, -0.15) is 5.26 Å². The number of aromatic carboxylic acids is 1. The van der Waals surface area contributed by atoms with Crippen molar-refractivity contribution in [1.29, 1.82) is 5.26 Å². The summed E-state index contributed by atoms with van der Waals surface area (Å²) < 4.78 is 19.2. The first kappa shape index (κ1) is 18.9. The monoisotopic (exact) mass is 373 g/mol. The molecule has 3 aromatic carbocycles. The highest BCUT2D eigenvalue weighted by atomic mass is 19.1. The number of benzene rings is 3. The number of carboxylic acids is 1. The molecule has 0 spiro atoms. The molecule has 0 aliphatic rings. The van der Waals surface area contributed by atoms with Gasteiger partial charge in [-0.3, -0.25) is 0 Å². The Balaban J connectivity index is 1.72. The highest BCUT2D eigenvalue weighted by molar-refractivity contribution is 5.92. The lowest BCUT2D eigenvalue weighted by molar-refractivity contribution is 0.0697. The Morgan fingerprint density at radius 1 is 1.00 bits per heavy atom. The Kier molecular flexibility index (Phi) is 5.83. The molecule has 0 bridgehead atoms. The van der Waals surface area contributed by atoms with Crippen LogP contribution in [0.1, 0.15) is 27.0 Å². The third kappa shape index (κ3) is 4.63. The van der Waals surface area contributed by atoms with Gasteiger partial charge in [0.2, 0.25) is 0 Å². The Bertz CT molecular complexity index is 1050. The van der Waals surface area contributed by atoms with E-state index in [2.05, 4.69) is 6.07 Å². The van der Waals surface area contributed by atoms with Crippen molar-refractivity contribution in [3.8, 4) is 11.8 Å². The first-order valence-electron chi connectivity index (χ1n) is 8.48. The SMILES string of the molecule is N#CC(=Cc1ccc(OCc2ccccc2F)cc1)c1ccc(C(=O)O)cc1. The summed E-state index contributed by atoms with van der Waals surface area (Å²) in [7, 11) is 0. The number of nitriles is 1. The molecule has 0 heterocycles. The minimum Gasteiger partial charge on any atom is -0.489 e. The van der Waals surface area contributed by atoms with E-state index in [9.17, 15) is 14.4 Å². The van der Waals surface area contributed by atoms with Crippen molar-refractivity contribution in [2.24, 2.45) is 0 Å². The second-order valence-corrected chi connectivity index (χ2v) is 6.00. The zero-order chi connectivity index (χ0) is 19.9. The van der Waals surface area contributed by atoms with Crippen molar-refractivity contribution in [2.45, 2.75) is 6.61 Å². The molecule has 0 saturated carbocycles. The number of ether oxygens (including phenoxy) is 1. The van der Waals surface area contributed by atoms with E-state index >= 15 is 0 Å². The van der Waals surface area contributed by atoms with Gasteiger partial charge in [-0.25, -0.2) is 9.18 Å². The number of nitrogens with zero attached hydrogens (tertiary/aromatic N) is 1. The summed E-state index contributed by atoms with van der Waals surface area (Å²) in [5, 5.41) is 18.4. The van der Waals surface area contributed by atoms with Crippen LogP contribution in [0.15, 0.2) is 72.8 Å². The van der Waals surface area contributed by atoms with Crippen LogP contribution in [-0.2, 0) is 6.61 Å². The molecular weight excluding hydrogens is 357 g/mol. The Labute approximate surface area is 161 Å². The highest BCUT2D eigenvalue weighted by Gasteiger charge is 2.06. The van der Waals surface area contributed by atoms with E-state index < -0.39 is 5.97 Å². The minimum atomic E-state index is -1.01. The van der Waals surface area contributed by atoms with Gasteiger partial charge in [-0.15, -0.1) is 0 Å². The molecule has 5 heteroatoms. The standard InChI is InChI=1S/C23H16FNO3/c24-22-4-2-1-3-19(22)15-28-21-11-5-16(6-12-21)13-20(14-25)17-7-9-18(10-8-17)23(26)27/h1-13H,15H2,(H,26,27). The van der Waals surface area contributed by atoms with Crippen LogP contribution in [0.3, 0.4) is 0 Å². The van der Waals surface area contributed by atoms with Gasteiger partial charge >= 0.3 is 5.97 Å². The Hall–Kier alpha value is -3.91. The van der Waals surface area contributed by atoms with E-state index in [1.807, 2.05) is 0 Å². The molecule has 3 rings (SSSR count). The van der Waals surface area contributed by atoms with Crippen molar-refractivity contribution in [3.63, 3.8) is 0 Å². The van der Waals surface area contributed by atoms with Gasteiger partial charge in [0.25, 0.3) is 0 Å². The molecule has 1 N–H and O–H groups in total. The van der Waals surface area contributed by atoms with Crippen LogP contribution in [0, 0.1) is 17.1 Å². The lowest BCUT2D eigenvalue weighted by Crippen LogP contribution is -1.98. The second-order valence-electron chi connectivity index (χ2n) is 6.00. The molecule has 0 radical (unpaired) electrons. The molecule has 0 atom stereocenters. The summed E-state index contributed by atoms with van der Waals surface area (Å²) in [5.41, 5.74) is 2.47. The predicted molar refractivity (Wildman–Crippen MR) is 104 cm³/mol. The molecule has 28 heavy (non-hydrogen) atoms. The van der Waals surface area contributed by atoms with Crippen LogP contribution in [-0.4, -0.2) is 11.1 Å². The van der Waals surface area contributed by atoms with E-state index in [4.69, 9.17) is 9.84 Å². The van der Waals surface area contributed by atoms with E-state index in [1.165, 1.54) is 18.2 Å². The minimum absolute atomic E-state index is 0.126. The number of allylic oxidation sites excluding steroid dienone is 1. The quantitative estimate of drug-likeness (QED) is 0.478. The largest absolute Gasteiger partial charge is 0.489 e. The van der Waals surface area contributed by atoms with Crippen LogP contribution in [0.2, 0.25) is 0 Å². The molecular formula is C23H16FNO3. The predicted octanol–water partition coefficient (Wildman–Crippen LogP) is 5.17. The van der Waals surface area contributed by atoms with Crippen LogP contribution in [0.25, 0.3) is 11.6 Å². The molecule has 0 unspecified atom stereocenters. The molecule has 0 saturated heterocycles. The van der Waals surface area contributed by atoms with Gasteiger partial charge in [-0.05, 0) is 47.5 Å². The molecule has 138 valence electrons. The molecule has 0 aliphatic heterocycles. The number of carboxylic acid groups (broad SMARTS) is 1. The summed E-state index contributed by atoms with van der Waals surface area (Å²) in [5.74, 6) is -0.737. The van der Waals surface area contributed by atoms with Gasteiger partial charge < -0.3 is 9.84 Å². The number of rotatable bonds is 6. The zero-order valence-electron chi connectivity index (χ0n) is 14.8. The summed E-state index contributed by atoms with van der Waals surface area (Å²) in [6.45, 7) is 0.126. The molecule has 0 aliphatic carbocycles. The van der Waals surface area contributed by atoms with E-state index in [0.29, 0.717) is 22.4 Å². The fraction of sp³-hybridized carbons (Fsp3) is 0.0435. The van der Waals surface area contributed by atoms with Crippen LogP contribution in [0.4, 0.5) is 4.39 Å². The number of carbonyl (C=O) groups is 1. The van der Waals surface area contributed by atoms with Crippen molar-refractivity contribution in [1.82, 2.24) is 0 Å². The van der Waals surface area contributed by atoms with Crippen molar-refractivity contribution in [3.05, 3.63) is 101 Å². The summed E-state index contributed by atoms with van der Waals surface area (Å²) in [6, 6.07) is 21.8. The summed E-state index contributed by atoms with van der Waals surface area (Å²) in [4.78, 5) is 10.9.